The topological polar surface area (TPSA) is 90.5 Å². The van der Waals surface area contributed by atoms with Crippen LogP contribution in [0.5, 0.6) is 0 Å². The van der Waals surface area contributed by atoms with Crippen molar-refractivity contribution in [3.8, 4) is 11.1 Å². The summed E-state index contributed by atoms with van der Waals surface area (Å²) in [7, 11) is -3.55. The highest BCUT2D eigenvalue weighted by Crippen LogP contribution is 2.31. The molecule has 2 N–H and O–H groups in total. The molecule has 4 rings (SSSR count). The zero-order valence-corrected chi connectivity index (χ0v) is 18.8. The van der Waals surface area contributed by atoms with Gasteiger partial charge in [-0.25, -0.2) is 17.8 Å². The van der Waals surface area contributed by atoms with Crippen LogP contribution in [0, 0.1) is 0 Å². The fourth-order valence-corrected chi connectivity index (χ4v) is 5.37. The number of sulfonamides is 1. The number of benzene rings is 2. The first-order chi connectivity index (χ1) is 15.5. The van der Waals surface area contributed by atoms with Gasteiger partial charge in [0.15, 0.2) is 0 Å². The summed E-state index contributed by atoms with van der Waals surface area (Å²) in [5.74, 6) is 0.476. The van der Waals surface area contributed by atoms with Gasteiger partial charge in [0.1, 0.15) is 11.7 Å². The number of ether oxygens (including phenoxy) is 1. The lowest BCUT2D eigenvalue weighted by molar-refractivity contribution is 0.0730. The second kappa shape index (κ2) is 9.50. The van der Waals surface area contributed by atoms with Crippen LogP contribution < -0.4 is 5.73 Å². The van der Waals surface area contributed by atoms with Crippen molar-refractivity contribution in [3.05, 3.63) is 60.2 Å². The van der Waals surface area contributed by atoms with Crippen LogP contribution in [0.3, 0.4) is 0 Å². The van der Waals surface area contributed by atoms with Gasteiger partial charge in [-0.15, -0.1) is 0 Å². The Morgan fingerprint density at radius 3 is 2.56 bits per heavy atom. The van der Waals surface area contributed by atoms with Crippen LogP contribution in [0.15, 0.2) is 59.3 Å². The standard InChI is InChI=1S/C23H27FN4O3S/c1-2-22-26-23-20(4-3-5-21(23)28(22)16-18(24)10-11-25)17-6-8-19(9-7-17)32(29,30)27-12-14-31-15-13-27/h3-10H,2,11-16,25H2,1H3/b18-10-. The minimum Gasteiger partial charge on any atom is -0.379 e. The van der Waals surface area contributed by atoms with Crippen LogP contribution >= 0.6 is 0 Å². The molecule has 0 unspecified atom stereocenters. The summed E-state index contributed by atoms with van der Waals surface area (Å²) in [5, 5.41) is 0. The van der Waals surface area contributed by atoms with Crippen molar-refractivity contribution in [1.82, 2.24) is 13.9 Å². The Morgan fingerprint density at radius 2 is 1.91 bits per heavy atom. The van der Waals surface area contributed by atoms with E-state index in [0.717, 1.165) is 28.0 Å². The normalized spacial score (nSPS) is 16.0. The van der Waals surface area contributed by atoms with Crippen molar-refractivity contribution < 1.29 is 17.5 Å². The summed E-state index contributed by atoms with van der Waals surface area (Å²) in [6.45, 7) is 3.73. The number of nitrogens with zero attached hydrogens (tertiary/aromatic N) is 3. The largest absolute Gasteiger partial charge is 0.379 e. The number of aryl methyl sites for hydroxylation is 1. The maximum absolute atomic E-state index is 14.2. The van der Waals surface area contributed by atoms with E-state index in [1.54, 1.807) is 24.3 Å². The van der Waals surface area contributed by atoms with Gasteiger partial charge in [-0.3, -0.25) is 0 Å². The van der Waals surface area contributed by atoms with Gasteiger partial charge in [0.25, 0.3) is 0 Å². The van der Waals surface area contributed by atoms with Gasteiger partial charge in [-0.1, -0.05) is 31.2 Å². The number of halogens is 1. The Morgan fingerprint density at radius 1 is 1.19 bits per heavy atom. The Balaban J connectivity index is 1.71. The van der Waals surface area contributed by atoms with Crippen LogP contribution in [0.4, 0.5) is 4.39 Å². The second-order valence-corrected chi connectivity index (χ2v) is 9.51. The number of aromatic nitrogens is 2. The molecule has 3 aromatic rings. The summed E-state index contributed by atoms with van der Waals surface area (Å²) in [4.78, 5) is 5.02. The van der Waals surface area contributed by atoms with Crippen molar-refractivity contribution in [1.29, 1.82) is 0 Å². The summed E-state index contributed by atoms with van der Waals surface area (Å²) in [6.07, 6.45) is 2.02. The van der Waals surface area contributed by atoms with Crippen molar-refractivity contribution in [2.45, 2.75) is 24.8 Å². The maximum Gasteiger partial charge on any atom is 0.243 e. The molecule has 0 saturated carbocycles. The van der Waals surface area contributed by atoms with Gasteiger partial charge in [-0.05, 0) is 29.8 Å². The third-order valence-corrected chi connectivity index (χ3v) is 7.51. The molecule has 170 valence electrons. The number of morpholine rings is 1. The quantitative estimate of drug-likeness (QED) is 0.588. The van der Waals surface area contributed by atoms with E-state index in [1.807, 2.05) is 29.7 Å². The van der Waals surface area contributed by atoms with E-state index in [-0.39, 0.29) is 23.8 Å². The van der Waals surface area contributed by atoms with Crippen molar-refractivity contribution in [2.75, 3.05) is 32.8 Å². The third-order valence-electron chi connectivity index (χ3n) is 5.60. The molecule has 32 heavy (non-hydrogen) atoms. The van der Waals surface area contributed by atoms with Gasteiger partial charge in [-0.2, -0.15) is 4.31 Å². The zero-order valence-electron chi connectivity index (χ0n) is 18.0. The molecule has 0 amide bonds. The molecule has 0 aliphatic carbocycles. The van der Waals surface area contributed by atoms with Crippen LogP contribution in [0.1, 0.15) is 12.7 Å². The lowest BCUT2D eigenvalue weighted by Crippen LogP contribution is -2.40. The van der Waals surface area contributed by atoms with E-state index in [4.69, 9.17) is 15.5 Å². The number of rotatable bonds is 7. The molecule has 0 spiro atoms. The lowest BCUT2D eigenvalue weighted by atomic mass is 10.0. The average Bonchev–Trinajstić information content (AvgIpc) is 3.17. The van der Waals surface area contributed by atoms with E-state index < -0.39 is 10.0 Å². The average molecular weight is 459 g/mol. The first kappa shape index (κ1) is 22.6. The fraction of sp³-hybridized carbons (Fsp3) is 0.348. The molecule has 2 aromatic carbocycles. The van der Waals surface area contributed by atoms with Gasteiger partial charge in [0, 0.05) is 31.6 Å². The van der Waals surface area contributed by atoms with Gasteiger partial charge < -0.3 is 15.0 Å². The van der Waals surface area contributed by atoms with Crippen LogP contribution in [0.2, 0.25) is 0 Å². The van der Waals surface area contributed by atoms with Crippen LogP contribution in [-0.2, 0) is 27.7 Å². The highest BCUT2D eigenvalue weighted by Gasteiger charge is 2.26. The number of hydrogen-bond donors (Lipinski definition) is 1. The minimum absolute atomic E-state index is 0.0804. The molecule has 1 aromatic heterocycles. The van der Waals surface area contributed by atoms with E-state index in [2.05, 4.69) is 0 Å². The summed E-state index contributed by atoms with van der Waals surface area (Å²) in [5.41, 5.74) is 8.74. The van der Waals surface area contributed by atoms with E-state index in [1.165, 1.54) is 10.4 Å². The number of nitrogens with two attached hydrogens (primary N) is 1. The Bertz CT molecular complexity index is 1230. The van der Waals surface area contributed by atoms with Crippen LogP contribution in [-0.4, -0.2) is 55.1 Å². The first-order valence-corrected chi connectivity index (χ1v) is 12.1. The van der Waals surface area contributed by atoms with E-state index in [9.17, 15) is 12.8 Å². The van der Waals surface area contributed by atoms with Gasteiger partial charge in [0.05, 0.1) is 35.7 Å². The van der Waals surface area contributed by atoms with Gasteiger partial charge in [0.2, 0.25) is 10.0 Å². The lowest BCUT2D eigenvalue weighted by Gasteiger charge is -2.26. The number of allylic oxidation sites excluding steroid dienone is 1. The molecule has 1 fully saturated rings. The number of imidazole rings is 1. The predicted octanol–water partition coefficient (Wildman–Crippen LogP) is 3.10. The number of hydrogen-bond acceptors (Lipinski definition) is 5. The molecule has 0 bridgehead atoms. The summed E-state index contributed by atoms with van der Waals surface area (Å²) in [6, 6.07) is 12.6. The number of para-hydroxylation sites is 1. The maximum atomic E-state index is 14.2. The highest BCUT2D eigenvalue weighted by atomic mass is 32.2. The smallest absolute Gasteiger partial charge is 0.243 e. The van der Waals surface area contributed by atoms with Gasteiger partial charge >= 0.3 is 0 Å². The fourth-order valence-electron chi connectivity index (χ4n) is 3.96. The first-order valence-electron chi connectivity index (χ1n) is 10.7. The molecule has 9 heteroatoms. The second-order valence-electron chi connectivity index (χ2n) is 7.57. The summed E-state index contributed by atoms with van der Waals surface area (Å²) < 4.78 is 48.6. The molecular weight excluding hydrogens is 431 g/mol. The molecule has 2 heterocycles. The molecule has 1 aliphatic heterocycles. The Labute approximate surface area is 187 Å². The molecular formula is C23H27FN4O3S. The summed E-state index contributed by atoms with van der Waals surface area (Å²) >= 11 is 0. The Hall–Kier alpha value is -2.59. The molecule has 0 atom stereocenters. The predicted molar refractivity (Wildman–Crippen MR) is 122 cm³/mol. The minimum atomic E-state index is -3.55. The van der Waals surface area contributed by atoms with Crippen molar-refractivity contribution >= 4 is 21.1 Å². The molecule has 1 aliphatic rings. The van der Waals surface area contributed by atoms with Crippen LogP contribution in [0.25, 0.3) is 22.2 Å². The molecule has 1 saturated heterocycles. The van der Waals surface area contributed by atoms with E-state index >= 15 is 0 Å². The van der Waals surface area contributed by atoms with E-state index in [0.29, 0.717) is 32.7 Å². The third kappa shape index (κ3) is 4.33. The zero-order chi connectivity index (χ0) is 22.7. The SMILES string of the molecule is CCc1nc2c(-c3ccc(S(=O)(=O)N4CCOCC4)cc3)cccc2n1C/C(F)=C/CN. The van der Waals surface area contributed by atoms with Crippen molar-refractivity contribution in [3.63, 3.8) is 0 Å². The molecule has 7 nitrogen and oxygen atoms in total. The van der Waals surface area contributed by atoms with Crippen molar-refractivity contribution in [2.24, 2.45) is 5.73 Å². The monoisotopic (exact) mass is 458 g/mol. The Kier molecular flexibility index (Phi) is 6.71. The molecule has 0 radical (unpaired) electrons. The highest BCUT2D eigenvalue weighted by molar-refractivity contribution is 7.89. The number of fused-ring (bicyclic) bond motifs is 1.